The molecule has 1 aromatic carbocycles. The molecule has 1 aromatic rings. The molecule has 0 unspecified atom stereocenters. The molecule has 1 amide bonds. The van der Waals surface area contributed by atoms with Crippen LogP contribution in [-0.4, -0.2) is 63.1 Å². The quantitative estimate of drug-likeness (QED) is 0.829. The zero-order valence-electron chi connectivity index (χ0n) is 13.3. The van der Waals surface area contributed by atoms with E-state index in [0.717, 1.165) is 11.3 Å². The number of rotatable bonds is 4. The van der Waals surface area contributed by atoms with Crippen LogP contribution in [0.3, 0.4) is 0 Å². The molecule has 0 bridgehead atoms. The Morgan fingerprint density at radius 3 is 2.65 bits per heavy atom. The monoisotopic (exact) mass is 320 g/mol. The zero-order valence-corrected chi connectivity index (χ0v) is 13.3. The van der Waals surface area contributed by atoms with Crippen LogP contribution in [0.5, 0.6) is 11.5 Å². The van der Waals surface area contributed by atoms with Crippen molar-refractivity contribution >= 4 is 11.6 Å². The fraction of sp³-hybridized carbons (Fsp3) is 0.500. The van der Waals surface area contributed by atoms with Gasteiger partial charge < -0.3 is 23.9 Å². The SMILES string of the molecule is COc1ccc(C2=NO[C@H](C(=O)N3CCOCC3)C2)cc1OC. The molecule has 0 aromatic heterocycles. The molecule has 2 aliphatic heterocycles. The molecule has 2 heterocycles. The number of carbonyl (C=O) groups excluding carboxylic acids is 1. The van der Waals surface area contributed by atoms with E-state index in [0.29, 0.717) is 44.2 Å². The van der Waals surface area contributed by atoms with Gasteiger partial charge in [-0.05, 0) is 18.2 Å². The van der Waals surface area contributed by atoms with Crippen LogP contribution in [0, 0.1) is 0 Å². The molecule has 0 N–H and O–H groups in total. The van der Waals surface area contributed by atoms with Gasteiger partial charge in [0.1, 0.15) is 0 Å². The van der Waals surface area contributed by atoms with Gasteiger partial charge in [-0.25, -0.2) is 0 Å². The van der Waals surface area contributed by atoms with Crippen molar-refractivity contribution in [2.75, 3.05) is 40.5 Å². The summed E-state index contributed by atoms with van der Waals surface area (Å²) in [5.41, 5.74) is 1.59. The highest BCUT2D eigenvalue weighted by Gasteiger charge is 2.33. The van der Waals surface area contributed by atoms with Gasteiger partial charge in [-0.3, -0.25) is 4.79 Å². The average Bonchev–Trinajstić information content (AvgIpc) is 3.11. The fourth-order valence-corrected chi connectivity index (χ4v) is 2.68. The van der Waals surface area contributed by atoms with Gasteiger partial charge >= 0.3 is 0 Å². The van der Waals surface area contributed by atoms with Crippen LogP contribution < -0.4 is 9.47 Å². The van der Waals surface area contributed by atoms with E-state index in [2.05, 4.69) is 5.16 Å². The largest absolute Gasteiger partial charge is 0.493 e. The van der Waals surface area contributed by atoms with E-state index in [9.17, 15) is 4.79 Å². The van der Waals surface area contributed by atoms with Gasteiger partial charge in [0.15, 0.2) is 11.5 Å². The third-order valence-electron chi connectivity index (χ3n) is 3.98. The van der Waals surface area contributed by atoms with Gasteiger partial charge in [0.25, 0.3) is 5.91 Å². The number of carbonyl (C=O) groups is 1. The molecule has 0 saturated carbocycles. The van der Waals surface area contributed by atoms with Crippen molar-refractivity contribution in [1.29, 1.82) is 0 Å². The molecule has 1 saturated heterocycles. The summed E-state index contributed by atoms with van der Waals surface area (Å²) in [6, 6.07) is 5.53. The van der Waals surface area contributed by atoms with Gasteiger partial charge in [-0.1, -0.05) is 5.16 Å². The maximum Gasteiger partial charge on any atom is 0.267 e. The topological polar surface area (TPSA) is 69.6 Å². The minimum absolute atomic E-state index is 0.0347. The number of hydrogen-bond donors (Lipinski definition) is 0. The molecule has 124 valence electrons. The van der Waals surface area contributed by atoms with Crippen LogP contribution >= 0.6 is 0 Å². The summed E-state index contributed by atoms with van der Waals surface area (Å²) < 4.78 is 15.8. The highest BCUT2D eigenvalue weighted by molar-refractivity contribution is 6.04. The van der Waals surface area contributed by atoms with Crippen molar-refractivity contribution in [3.63, 3.8) is 0 Å². The Kier molecular flexibility index (Phi) is 4.66. The second-order valence-corrected chi connectivity index (χ2v) is 5.34. The van der Waals surface area contributed by atoms with Crippen molar-refractivity contribution in [2.24, 2.45) is 5.16 Å². The van der Waals surface area contributed by atoms with Crippen LogP contribution in [0.15, 0.2) is 23.4 Å². The van der Waals surface area contributed by atoms with Gasteiger partial charge in [0.05, 0.1) is 33.1 Å². The van der Waals surface area contributed by atoms with Crippen LogP contribution in [-0.2, 0) is 14.4 Å². The number of hydrogen-bond acceptors (Lipinski definition) is 6. The maximum atomic E-state index is 12.4. The minimum atomic E-state index is -0.559. The smallest absolute Gasteiger partial charge is 0.267 e. The summed E-state index contributed by atoms with van der Waals surface area (Å²) in [6.45, 7) is 2.35. The van der Waals surface area contributed by atoms with E-state index in [1.807, 2.05) is 18.2 Å². The van der Waals surface area contributed by atoms with Gasteiger partial charge in [0, 0.05) is 25.1 Å². The predicted molar refractivity (Wildman–Crippen MR) is 83.0 cm³/mol. The first-order valence-electron chi connectivity index (χ1n) is 7.54. The number of morpholine rings is 1. The normalized spacial score (nSPS) is 20.7. The Morgan fingerprint density at radius 2 is 1.96 bits per heavy atom. The van der Waals surface area contributed by atoms with Crippen LogP contribution in [0.25, 0.3) is 0 Å². The minimum Gasteiger partial charge on any atom is -0.493 e. The Bertz CT molecular complexity index is 610. The predicted octanol–water partition coefficient (Wildman–Crippen LogP) is 1.06. The number of methoxy groups -OCH3 is 2. The number of benzene rings is 1. The van der Waals surface area contributed by atoms with E-state index in [-0.39, 0.29) is 5.91 Å². The number of ether oxygens (including phenoxy) is 3. The van der Waals surface area contributed by atoms with E-state index < -0.39 is 6.10 Å². The molecule has 23 heavy (non-hydrogen) atoms. The van der Waals surface area contributed by atoms with Crippen molar-refractivity contribution in [3.8, 4) is 11.5 Å². The fourth-order valence-electron chi connectivity index (χ4n) is 2.68. The maximum absolute atomic E-state index is 12.4. The second-order valence-electron chi connectivity index (χ2n) is 5.34. The van der Waals surface area contributed by atoms with Crippen molar-refractivity contribution < 1.29 is 23.8 Å². The Labute approximate surface area is 134 Å². The average molecular weight is 320 g/mol. The lowest BCUT2D eigenvalue weighted by Crippen LogP contribution is -2.45. The third-order valence-corrected chi connectivity index (χ3v) is 3.98. The van der Waals surface area contributed by atoms with Crippen molar-refractivity contribution in [2.45, 2.75) is 12.5 Å². The second kappa shape index (κ2) is 6.87. The van der Waals surface area contributed by atoms with Crippen molar-refractivity contribution in [1.82, 2.24) is 4.90 Å². The van der Waals surface area contributed by atoms with Gasteiger partial charge in [-0.15, -0.1) is 0 Å². The lowest BCUT2D eigenvalue weighted by molar-refractivity contribution is -0.146. The summed E-state index contributed by atoms with van der Waals surface area (Å²) in [7, 11) is 3.17. The number of oxime groups is 1. The first-order valence-corrected chi connectivity index (χ1v) is 7.54. The molecule has 0 spiro atoms. The molecule has 0 radical (unpaired) electrons. The Morgan fingerprint density at radius 1 is 1.22 bits per heavy atom. The first kappa shape index (κ1) is 15.6. The highest BCUT2D eigenvalue weighted by atomic mass is 16.6. The summed E-state index contributed by atoms with van der Waals surface area (Å²) in [4.78, 5) is 19.5. The summed E-state index contributed by atoms with van der Waals surface area (Å²) in [5.74, 6) is 1.24. The van der Waals surface area contributed by atoms with Crippen LogP contribution in [0.2, 0.25) is 0 Å². The highest BCUT2D eigenvalue weighted by Crippen LogP contribution is 2.29. The molecule has 0 aliphatic carbocycles. The summed E-state index contributed by atoms with van der Waals surface area (Å²) in [6.07, 6.45) is -0.109. The number of amides is 1. The van der Waals surface area contributed by atoms with E-state index in [1.54, 1.807) is 19.1 Å². The summed E-state index contributed by atoms with van der Waals surface area (Å²) in [5, 5.41) is 4.08. The summed E-state index contributed by atoms with van der Waals surface area (Å²) >= 11 is 0. The lowest BCUT2D eigenvalue weighted by Gasteiger charge is -2.28. The Balaban J connectivity index is 1.68. The van der Waals surface area contributed by atoms with E-state index >= 15 is 0 Å². The van der Waals surface area contributed by atoms with Crippen LogP contribution in [0.1, 0.15) is 12.0 Å². The number of nitrogens with zero attached hydrogens (tertiary/aromatic N) is 2. The van der Waals surface area contributed by atoms with Crippen LogP contribution in [0.4, 0.5) is 0 Å². The molecule has 1 atom stereocenters. The molecule has 3 rings (SSSR count). The molecular formula is C16H20N2O5. The van der Waals surface area contributed by atoms with Crippen molar-refractivity contribution in [3.05, 3.63) is 23.8 Å². The molecule has 7 heteroatoms. The third kappa shape index (κ3) is 3.24. The van der Waals surface area contributed by atoms with Gasteiger partial charge in [-0.2, -0.15) is 0 Å². The zero-order chi connectivity index (χ0) is 16.2. The molecule has 7 nitrogen and oxygen atoms in total. The van der Waals surface area contributed by atoms with E-state index in [1.165, 1.54) is 0 Å². The first-order chi connectivity index (χ1) is 11.2. The Hall–Kier alpha value is -2.28. The van der Waals surface area contributed by atoms with E-state index in [4.69, 9.17) is 19.0 Å². The standard InChI is InChI=1S/C16H20N2O5/c1-20-13-4-3-11(9-14(13)21-2)12-10-15(23-17-12)16(19)18-5-7-22-8-6-18/h3-4,9,15H,5-8,10H2,1-2H3/t15-/m0/s1. The molecular weight excluding hydrogens is 300 g/mol. The molecule has 1 fully saturated rings. The molecule has 2 aliphatic rings. The lowest BCUT2D eigenvalue weighted by atomic mass is 10.0. The van der Waals surface area contributed by atoms with Gasteiger partial charge in [0.2, 0.25) is 6.10 Å².